The average molecular weight is 351 g/mol. The molecule has 0 radical (unpaired) electrons. The van der Waals surface area contributed by atoms with Gasteiger partial charge in [0.1, 0.15) is 12.8 Å². The highest BCUT2D eigenvalue weighted by atomic mass is 127. The van der Waals surface area contributed by atoms with Crippen LogP contribution in [0.1, 0.15) is 12.0 Å². The second-order valence-electron chi connectivity index (χ2n) is 3.52. The Morgan fingerprint density at radius 2 is 2.12 bits per heavy atom. The zero-order valence-corrected chi connectivity index (χ0v) is 11.5. The third kappa shape index (κ3) is 6.45. The first kappa shape index (κ1) is 14.2. The molecule has 0 heterocycles. The van der Waals surface area contributed by atoms with Gasteiger partial charge in [-0.2, -0.15) is 0 Å². The van der Waals surface area contributed by atoms with E-state index in [-0.39, 0.29) is 13.2 Å². The number of carbonyl (C=O) groups excluding carboxylic acids is 1. The Morgan fingerprint density at radius 1 is 1.41 bits per heavy atom. The Bertz CT molecular complexity index is 335. The van der Waals surface area contributed by atoms with Gasteiger partial charge < -0.3 is 10.1 Å². The van der Waals surface area contributed by atoms with E-state index in [2.05, 4.69) is 27.9 Å². The third-order valence-corrected chi connectivity index (χ3v) is 2.73. The third-order valence-electron chi connectivity index (χ3n) is 2.10. The molecule has 1 rings (SSSR count). The molecule has 0 saturated heterocycles. The van der Waals surface area contributed by atoms with Gasteiger partial charge >= 0.3 is 6.09 Å². The molecule has 0 aliphatic heterocycles. The lowest BCUT2D eigenvalue weighted by molar-refractivity contribution is 0.136. The summed E-state index contributed by atoms with van der Waals surface area (Å²) in [5.74, 6) is 0. The Kier molecular flexibility index (Phi) is 6.91. The zero-order valence-electron chi connectivity index (χ0n) is 9.36. The average Bonchev–Trinajstić information content (AvgIpc) is 2.35. The monoisotopic (exact) mass is 351 g/mol. The largest absolute Gasteiger partial charge is 0.445 e. The molecular formula is C12H15FINO2. The molecule has 3 nitrogen and oxygen atoms in total. The zero-order chi connectivity index (χ0) is 12.5. The van der Waals surface area contributed by atoms with Crippen LogP contribution in [0.3, 0.4) is 0 Å². The number of hydrogen-bond acceptors (Lipinski definition) is 2. The van der Waals surface area contributed by atoms with Crippen LogP contribution in [0.4, 0.5) is 9.18 Å². The first-order valence-corrected chi connectivity index (χ1v) is 6.89. The van der Waals surface area contributed by atoms with E-state index in [1.54, 1.807) is 0 Å². The molecule has 0 aliphatic carbocycles. The van der Waals surface area contributed by atoms with E-state index in [1.165, 1.54) is 0 Å². The second-order valence-corrected chi connectivity index (χ2v) is 4.60. The van der Waals surface area contributed by atoms with Crippen LogP contribution in [0.2, 0.25) is 0 Å². The molecule has 17 heavy (non-hydrogen) atoms. The van der Waals surface area contributed by atoms with Gasteiger partial charge in [-0.1, -0.05) is 52.9 Å². The molecule has 0 fully saturated rings. The topological polar surface area (TPSA) is 38.3 Å². The molecule has 1 N–H and O–H groups in total. The van der Waals surface area contributed by atoms with Crippen LogP contribution in [-0.2, 0) is 11.3 Å². The van der Waals surface area contributed by atoms with Crippen LogP contribution in [0, 0.1) is 0 Å². The quantitative estimate of drug-likeness (QED) is 0.632. The molecular weight excluding hydrogens is 336 g/mol. The van der Waals surface area contributed by atoms with Crippen molar-refractivity contribution in [1.29, 1.82) is 0 Å². The highest BCUT2D eigenvalue weighted by Gasteiger charge is 2.08. The fraction of sp³-hybridized carbons (Fsp3) is 0.417. The number of carbonyl (C=O) groups is 1. The predicted molar refractivity (Wildman–Crippen MR) is 73.0 cm³/mol. The van der Waals surface area contributed by atoms with Crippen molar-refractivity contribution in [2.45, 2.75) is 19.2 Å². The van der Waals surface area contributed by atoms with Crippen LogP contribution in [0.25, 0.3) is 0 Å². The Morgan fingerprint density at radius 3 is 2.76 bits per heavy atom. The van der Waals surface area contributed by atoms with Crippen LogP contribution in [-0.4, -0.2) is 23.2 Å². The van der Waals surface area contributed by atoms with Crippen LogP contribution in [0.15, 0.2) is 30.3 Å². The number of rotatable bonds is 6. The van der Waals surface area contributed by atoms with Gasteiger partial charge in [0, 0.05) is 4.43 Å². The highest BCUT2D eigenvalue weighted by Crippen LogP contribution is 2.02. The Hall–Kier alpha value is -0.850. The van der Waals surface area contributed by atoms with Gasteiger partial charge in [0.05, 0.1) is 6.54 Å². The van der Waals surface area contributed by atoms with Gasteiger partial charge in [0.15, 0.2) is 0 Å². The maximum Gasteiger partial charge on any atom is 0.407 e. The van der Waals surface area contributed by atoms with Gasteiger partial charge in [-0.15, -0.1) is 0 Å². The van der Waals surface area contributed by atoms with Crippen molar-refractivity contribution in [2.24, 2.45) is 0 Å². The van der Waals surface area contributed by atoms with Gasteiger partial charge in [0.2, 0.25) is 0 Å². The Balaban J connectivity index is 2.17. The molecule has 0 aliphatic rings. The van der Waals surface area contributed by atoms with Crippen LogP contribution >= 0.6 is 22.6 Å². The lowest BCUT2D eigenvalue weighted by Gasteiger charge is -2.09. The molecule has 1 aromatic carbocycles. The number of amides is 1. The summed E-state index contributed by atoms with van der Waals surface area (Å²) < 4.78 is 18.7. The van der Waals surface area contributed by atoms with Crippen molar-refractivity contribution < 1.29 is 13.9 Å². The summed E-state index contributed by atoms with van der Waals surface area (Å²) in [5.41, 5.74) is 0.909. The van der Waals surface area contributed by atoms with Crippen molar-refractivity contribution in [3.63, 3.8) is 0 Å². The van der Waals surface area contributed by atoms with E-state index in [4.69, 9.17) is 4.74 Å². The van der Waals surface area contributed by atoms with E-state index in [9.17, 15) is 9.18 Å². The molecule has 0 spiro atoms. The standard InChI is InChI=1S/C12H15FINO2/c13-11(6-7-14)8-15-12(16)17-9-10-4-2-1-3-5-10/h1-5,11H,6-9H2,(H,15,16). The molecule has 0 aromatic heterocycles. The lowest BCUT2D eigenvalue weighted by atomic mass is 10.2. The molecule has 1 amide bonds. The molecule has 1 atom stereocenters. The molecule has 1 aromatic rings. The van der Waals surface area contributed by atoms with Crippen molar-refractivity contribution in [3.8, 4) is 0 Å². The fourth-order valence-electron chi connectivity index (χ4n) is 1.19. The minimum absolute atomic E-state index is 0.0105. The van der Waals surface area contributed by atoms with E-state index in [0.717, 1.165) is 9.99 Å². The maximum absolute atomic E-state index is 13.1. The second kappa shape index (κ2) is 8.27. The number of alkyl carbamates (subject to hydrolysis) is 1. The normalized spacial score (nSPS) is 11.9. The van der Waals surface area contributed by atoms with E-state index in [0.29, 0.717) is 6.42 Å². The maximum atomic E-state index is 13.1. The van der Waals surface area contributed by atoms with Crippen molar-refractivity contribution in [1.82, 2.24) is 5.32 Å². The van der Waals surface area contributed by atoms with Gasteiger partial charge in [-0.3, -0.25) is 0 Å². The van der Waals surface area contributed by atoms with E-state index >= 15 is 0 Å². The smallest absolute Gasteiger partial charge is 0.407 e. The van der Waals surface area contributed by atoms with Crippen molar-refractivity contribution in [3.05, 3.63) is 35.9 Å². The summed E-state index contributed by atoms with van der Waals surface area (Å²) in [7, 11) is 0. The summed E-state index contributed by atoms with van der Waals surface area (Å²) >= 11 is 2.10. The summed E-state index contributed by atoms with van der Waals surface area (Å²) in [5, 5.41) is 2.40. The number of halogens is 2. The van der Waals surface area contributed by atoms with Crippen LogP contribution < -0.4 is 5.32 Å². The highest BCUT2D eigenvalue weighted by molar-refractivity contribution is 14.1. The minimum atomic E-state index is -1.00. The fourth-order valence-corrected chi connectivity index (χ4v) is 1.86. The number of nitrogens with one attached hydrogen (secondary N) is 1. The Labute approximate surface area is 114 Å². The van der Waals surface area contributed by atoms with E-state index < -0.39 is 12.3 Å². The van der Waals surface area contributed by atoms with Gasteiger partial charge in [-0.25, -0.2) is 9.18 Å². The number of benzene rings is 1. The van der Waals surface area contributed by atoms with Crippen LogP contribution in [0.5, 0.6) is 0 Å². The summed E-state index contributed by atoms with van der Waals surface area (Å²) in [6, 6.07) is 9.35. The lowest BCUT2D eigenvalue weighted by Crippen LogP contribution is -2.30. The number of hydrogen-bond donors (Lipinski definition) is 1. The molecule has 5 heteroatoms. The van der Waals surface area contributed by atoms with Crippen molar-refractivity contribution >= 4 is 28.7 Å². The first-order chi connectivity index (χ1) is 8.22. The van der Waals surface area contributed by atoms with E-state index in [1.807, 2.05) is 30.3 Å². The molecule has 1 unspecified atom stereocenters. The number of ether oxygens (including phenoxy) is 1. The SMILES string of the molecule is O=C(NCC(F)CCI)OCc1ccccc1. The predicted octanol–water partition coefficient (Wildman–Crippen LogP) is 3.08. The van der Waals surface area contributed by atoms with Crippen molar-refractivity contribution in [2.75, 3.05) is 11.0 Å². The first-order valence-electron chi connectivity index (χ1n) is 5.37. The minimum Gasteiger partial charge on any atom is -0.445 e. The number of alkyl halides is 2. The van der Waals surface area contributed by atoms with Gasteiger partial charge in [-0.05, 0) is 12.0 Å². The summed E-state index contributed by atoms with van der Waals surface area (Å²) in [6.07, 6.45) is -1.14. The summed E-state index contributed by atoms with van der Waals surface area (Å²) in [4.78, 5) is 11.2. The molecule has 0 saturated carbocycles. The summed E-state index contributed by atoms with van der Waals surface area (Å²) in [6.45, 7) is 0.215. The molecule has 94 valence electrons. The van der Waals surface area contributed by atoms with Gasteiger partial charge in [0.25, 0.3) is 0 Å². The molecule has 0 bridgehead atoms.